The zero-order valence-corrected chi connectivity index (χ0v) is 12.9. The first-order valence-electron chi connectivity index (χ1n) is 6.49. The minimum atomic E-state index is 0.119. The van der Waals surface area contributed by atoms with Crippen LogP contribution in [-0.2, 0) is 6.42 Å². The maximum Gasteiger partial charge on any atom is 0.160 e. The Kier molecular flexibility index (Phi) is 3.72. The minimum absolute atomic E-state index is 0.119. The van der Waals surface area contributed by atoms with Crippen molar-refractivity contribution in [2.45, 2.75) is 26.3 Å². The molecule has 0 N–H and O–H groups in total. The first-order valence-corrected chi connectivity index (χ1v) is 7.91. The van der Waals surface area contributed by atoms with Crippen LogP contribution in [0, 0.1) is 6.92 Å². The molecule has 6 heteroatoms. The van der Waals surface area contributed by atoms with Crippen molar-refractivity contribution in [3.8, 4) is 0 Å². The molecule has 3 aromatic heterocycles. The SMILES string of the molecule is Cc1cnc2c(c1)nc(CCCl)n2C(C)c1nccs1. The topological polar surface area (TPSA) is 43.6 Å². The van der Waals surface area contributed by atoms with E-state index in [1.807, 2.05) is 24.7 Å². The number of nitrogens with zero attached hydrogens (tertiary/aromatic N) is 4. The zero-order chi connectivity index (χ0) is 14.1. The Bertz CT molecular complexity index is 720. The van der Waals surface area contributed by atoms with Crippen molar-refractivity contribution in [2.75, 3.05) is 5.88 Å². The minimum Gasteiger partial charge on any atom is -0.303 e. The highest BCUT2D eigenvalue weighted by molar-refractivity contribution is 7.09. The first kappa shape index (κ1) is 13.5. The van der Waals surface area contributed by atoms with Crippen LogP contribution in [0.25, 0.3) is 11.2 Å². The van der Waals surface area contributed by atoms with Crippen molar-refractivity contribution in [2.24, 2.45) is 0 Å². The number of alkyl halides is 1. The number of thiazole rings is 1. The molecule has 4 nitrogen and oxygen atoms in total. The summed E-state index contributed by atoms with van der Waals surface area (Å²) in [6, 6.07) is 2.18. The average molecular weight is 307 g/mol. The van der Waals surface area contributed by atoms with Gasteiger partial charge in [0, 0.05) is 30.1 Å². The van der Waals surface area contributed by atoms with Gasteiger partial charge in [-0.3, -0.25) is 0 Å². The van der Waals surface area contributed by atoms with Gasteiger partial charge in [-0.15, -0.1) is 22.9 Å². The number of fused-ring (bicyclic) bond motifs is 1. The quantitative estimate of drug-likeness (QED) is 0.692. The monoisotopic (exact) mass is 306 g/mol. The van der Waals surface area contributed by atoms with E-state index in [1.54, 1.807) is 11.3 Å². The van der Waals surface area contributed by atoms with Gasteiger partial charge in [-0.2, -0.15) is 0 Å². The molecule has 104 valence electrons. The number of aromatic nitrogens is 4. The Labute approximate surface area is 126 Å². The molecule has 0 saturated heterocycles. The van der Waals surface area contributed by atoms with E-state index in [2.05, 4.69) is 32.5 Å². The number of pyridine rings is 1. The fraction of sp³-hybridized carbons (Fsp3) is 0.357. The summed E-state index contributed by atoms with van der Waals surface area (Å²) in [4.78, 5) is 13.6. The van der Waals surface area contributed by atoms with Crippen LogP contribution in [0.15, 0.2) is 23.8 Å². The van der Waals surface area contributed by atoms with Gasteiger partial charge < -0.3 is 4.57 Å². The molecular formula is C14H15ClN4S. The third-order valence-corrected chi connectivity index (χ3v) is 4.39. The summed E-state index contributed by atoms with van der Waals surface area (Å²) < 4.78 is 2.15. The van der Waals surface area contributed by atoms with Crippen molar-refractivity contribution in [3.05, 3.63) is 40.2 Å². The standard InChI is InChI=1S/C14H15ClN4S/c1-9-7-11-13(17-8-9)19(12(18-11)3-4-15)10(2)14-16-5-6-20-14/h5-8,10H,3-4H2,1-2H3. The maximum atomic E-state index is 5.91. The second kappa shape index (κ2) is 5.50. The number of halogens is 1. The van der Waals surface area contributed by atoms with Gasteiger partial charge in [0.05, 0.1) is 6.04 Å². The molecule has 0 aromatic carbocycles. The van der Waals surface area contributed by atoms with E-state index in [1.165, 1.54) is 0 Å². The normalized spacial score (nSPS) is 12.9. The van der Waals surface area contributed by atoms with Gasteiger partial charge in [-0.1, -0.05) is 0 Å². The van der Waals surface area contributed by atoms with Crippen LogP contribution >= 0.6 is 22.9 Å². The highest BCUT2D eigenvalue weighted by Gasteiger charge is 2.19. The Morgan fingerprint density at radius 1 is 1.40 bits per heavy atom. The summed E-state index contributed by atoms with van der Waals surface area (Å²) in [5, 5.41) is 3.05. The van der Waals surface area contributed by atoms with E-state index in [9.17, 15) is 0 Å². The molecule has 0 bridgehead atoms. The Balaban J connectivity index is 2.18. The molecule has 0 aliphatic carbocycles. The second-order valence-corrected chi connectivity index (χ2v) is 6.04. The number of hydrogen-bond acceptors (Lipinski definition) is 4. The molecule has 0 aliphatic heterocycles. The van der Waals surface area contributed by atoms with Crippen LogP contribution in [0.3, 0.4) is 0 Å². The second-order valence-electron chi connectivity index (χ2n) is 4.74. The van der Waals surface area contributed by atoms with Crippen LogP contribution in [-0.4, -0.2) is 25.4 Å². The van der Waals surface area contributed by atoms with E-state index in [0.29, 0.717) is 5.88 Å². The fourth-order valence-corrected chi connectivity index (χ4v) is 3.20. The summed E-state index contributed by atoms with van der Waals surface area (Å²) >= 11 is 7.56. The predicted octanol–water partition coefficient (Wildman–Crippen LogP) is 3.59. The highest BCUT2D eigenvalue weighted by Crippen LogP contribution is 2.26. The van der Waals surface area contributed by atoms with E-state index in [4.69, 9.17) is 11.6 Å². The molecule has 3 aromatic rings. The lowest BCUT2D eigenvalue weighted by molar-refractivity contribution is 0.615. The molecule has 1 atom stereocenters. The molecule has 0 amide bonds. The molecular weight excluding hydrogens is 292 g/mol. The smallest absolute Gasteiger partial charge is 0.160 e. The van der Waals surface area contributed by atoms with Crippen LogP contribution < -0.4 is 0 Å². The molecule has 0 radical (unpaired) electrons. The van der Waals surface area contributed by atoms with Crippen LogP contribution in [0.5, 0.6) is 0 Å². The largest absolute Gasteiger partial charge is 0.303 e. The Morgan fingerprint density at radius 2 is 2.25 bits per heavy atom. The summed E-state index contributed by atoms with van der Waals surface area (Å²) in [5.41, 5.74) is 2.94. The lowest BCUT2D eigenvalue weighted by Crippen LogP contribution is -2.11. The molecule has 0 saturated carbocycles. The van der Waals surface area contributed by atoms with Gasteiger partial charge in [0.25, 0.3) is 0 Å². The Hall–Kier alpha value is -1.46. The third kappa shape index (κ3) is 2.31. The summed E-state index contributed by atoms with van der Waals surface area (Å²) in [6.45, 7) is 4.15. The van der Waals surface area contributed by atoms with Crippen molar-refractivity contribution in [3.63, 3.8) is 0 Å². The molecule has 0 spiro atoms. The number of imidazole rings is 1. The van der Waals surface area contributed by atoms with Gasteiger partial charge in [0.1, 0.15) is 16.3 Å². The van der Waals surface area contributed by atoms with Crippen LogP contribution in [0.1, 0.15) is 29.4 Å². The van der Waals surface area contributed by atoms with Crippen molar-refractivity contribution in [1.29, 1.82) is 0 Å². The predicted molar refractivity (Wildman–Crippen MR) is 82.6 cm³/mol. The molecule has 3 rings (SSSR count). The van der Waals surface area contributed by atoms with Crippen LogP contribution in [0.4, 0.5) is 0 Å². The molecule has 20 heavy (non-hydrogen) atoms. The van der Waals surface area contributed by atoms with Gasteiger partial charge >= 0.3 is 0 Å². The van der Waals surface area contributed by atoms with Crippen molar-refractivity contribution >= 4 is 34.1 Å². The number of hydrogen-bond donors (Lipinski definition) is 0. The zero-order valence-electron chi connectivity index (χ0n) is 11.4. The average Bonchev–Trinajstić information content (AvgIpc) is 3.05. The van der Waals surface area contributed by atoms with E-state index in [0.717, 1.165) is 34.0 Å². The van der Waals surface area contributed by atoms with E-state index < -0.39 is 0 Å². The lowest BCUT2D eigenvalue weighted by atomic mass is 10.3. The maximum absolute atomic E-state index is 5.91. The van der Waals surface area contributed by atoms with E-state index in [-0.39, 0.29) is 6.04 Å². The lowest BCUT2D eigenvalue weighted by Gasteiger charge is -2.14. The van der Waals surface area contributed by atoms with E-state index >= 15 is 0 Å². The summed E-state index contributed by atoms with van der Waals surface area (Å²) in [7, 11) is 0. The first-order chi connectivity index (χ1) is 9.70. The molecule has 0 aliphatic rings. The van der Waals surface area contributed by atoms with Crippen molar-refractivity contribution in [1.82, 2.24) is 19.5 Å². The third-order valence-electron chi connectivity index (χ3n) is 3.25. The number of rotatable bonds is 4. The fourth-order valence-electron chi connectivity index (χ4n) is 2.35. The highest BCUT2D eigenvalue weighted by atomic mass is 35.5. The summed E-state index contributed by atoms with van der Waals surface area (Å²) in [6.07, 6.45) is 4.43. The van der Waals surface area contributed by atoms with Gasteiger partial charge in [-0.05, 0) is 25.5 Å². The molecule has 1 unspecified atom stereocenters. The molecule has 0 fully saturated rings. The van der Waals surface area contributed by atoms with Gasteiger partial charge in [0.15, 0.2) is 5.65 Å². The number of aryl methyl sites for hydroxylation is 2. The summed E-state index contributed by atoms with van der Waals surface area (Å²) in [5.74, 6) is 1.52. The van der Waals surface area contributed by atoms with Crippen LogP contribution in [0.2, 0.25) is 0 Å². The van der Waals surface area contributed by atoms with Crippen molar-refractivity contribution < 1.29 is 0 Å². The van der Waals surface area contributed by atoms with Gasteiger partial charge in [-0.25, -0.2) is 15.0 Å². The van der Waals surface area contributed by atoms with Gasteiger partial charge in [0.2, 0.25) is 0 Å². The Morgan fingerprint density at radius 3 is 2.95 bits per heavy atom. The molecule has 3 heterocycles.